The number of benzene rings is 2. The van der Waals surface area contributed by atoms with Crippen molar-refractivity contribution in [2.45, 2.75) is 108 Å². The number of ether oxygens (including phenoxy) is 2. The van der Waals surface area contributed by atoms with E-state index in [0.29, 0.717) is 30.7 Å². The molecular formula is C34H43F5N2O7S. The zero-order chi connectivity index (χ0) is 35.5. The third-order valence-corrected chi connectivity index (χ3v) is 10.8. The van der Waals surface area contributed by atoms with Crippen molar-refractivity contribution in [2.24, 2.45) is 0 Å². The third-order valence-electron chi connectivity index (χ3n) is 9.80. The van der Waals surface area contributed by atoms with Crippen molar-refractivity contribution in [3.05, 3.63) is 52.6 Å². The molecule has 2 aliphatic carbocycles. The molecule has 272 valence electrons. The fourth-order valence-corrected chi connectivity index (χ4v) is 7.47. The SMILES string of the molecule is CCCN(C1CCC1)[C@H]1COc2c(F)ccc(C(=O)O)c2C1.CCCN(C1CCC1)[C@H]1COc2c(F)ccc(OS(=O)(=O)C(F)(F)F)c2C1. The number of alkyl halides is 3. The molecule has 2 aromatic rings. The van der Waals surface area contributed by atoms with Crippen molar-refractivity contribution in [1.29, 1.82) is 0 Å². The predicted molar refractivity (Wildman–Crippen MR) is 171 cm³/mol. The van der Waals surface area contributed by atoms with E-state index in [-0.39, 0.29) is 47.7 Å². The Morgan fingerprint density at radius 2 is 1.29 bits per heavy atom. The van der Waals surface area contributed by atoms with Crippen LogP contribution >= 0.6 is 0 Å². The second kappa shape index (κ2) is 15.4. The van der Waals surface area contributed by atoms with Gasteiger partial charge in [-0.25, -0.2) is 13.6 Å². The summed E-state index contributed by atoms with van der Waals surface area (Å²) in [6, 6.07) is 5.15. The van der Waals surface area contributed by atoms with E-state index in [0.717, 1.165) is 57.3 Å². The lowest BCUT2D eigenvalue weighted by atomic mass is 9.88. The van der Waals surface area contributed by atoms with Crippen LogP contribution in [0.2, 0.25) is 0 Å². The van der Waals surface area contributed by atoms with Gasteiger partial charge < -0.3 is 18.8 Å². The van der Waals surface area contributed by atoms with Crippen LogP contribution < -0.4 is 13.7 Å². The maximum absolute atomic E-state index is 14.1. The van der Waals surface area contributed by atoms with E-state index in [2.05, 4.69) is 20.9 Å². The van der Waals surface area contributed by atoms with Crippen molar-refractivity contribution in [3.63, 3.8) is 0 Å². The summed E-state index contributed by atoms with van der Waals surface area (Å²) in [6.45, 7) is 6.55. The molecule has 2 fully saturated rings. The fraction of sp³-hybridized carbons (Fsp3) is 0.618. The first-order valence-electron chi connectivity index (χ1n) is 16.9. The van der Waals surface area contributed by atoms with E-state index in [1.165, 1.54) is 31.4 Å². The standard InChI is InChI=1S/C17H21F4NO4S.C17H22FNO3/c1-2-8-22(11-4-3-5-11)12-9-13-15(26-27(23,24)17(19,20)21)7-6-14(18)16(13)25-10-12;1-2-8-19(11-4-3-5-11)12-9-14-13(17(20)21)6-7-15(18)16(14)22-10-12/h6-7,11-12H,2-5,8-10H2,1H3;6-7,11-12H,2-5,8-10H2,1H3,(H,20,21)/t2*12-/m11/s1. The van der Waals surface area contributed by atoms with Crippen molar-refractivity contribution in [2.75, 3.05) is 26.3 Å². The Bertz CT molecular complexity index is 1600. The van der Waals surface area contributed by atoms with Crippen LogP contribution in [0, 0.1) is 11.6 Å². The average Bonchev–Trinajstić information content (AvgIpc) is 3.00. The first-order chi connectivity index (χ1) is 23.3. The second-order valence-corrected chi connectivity index (χ2v) is 14.6. The van der Waals surface area contributed by atoms with Crippen LogP contribution in [-0.2, 0) is 23.0 Å². The summed E-state index contributed by atoms with van der Waals surface area (Å²) in [6.07, 6.45) is 9.44. The van der Waals surface area contributed by atoms with E-state index in [9.17, 15) is 40.3 Å². The number of nitrogens with zero attached hydrogens (tertiary/aromatic N) is 2. The molecule has 9 nitrogen and oxygen atoms in total. The van der Waals surface area contributed by atoms with Gasteiger partial charge in [-0.2, -0.15) is 21.6 Å². The largest absolute Gasteiger partial charge is 0.534 e. The lowest BCUT2D eigenvalue weighted by molar-refractivity contribution is -0.0500. The zero-order valence-electron chi connectivity index (χ0n) is 27.6. The molecule has 0 unspecified atom stereocenters. The lowest BCUT2D eigenvalue weighted by Gasteiger charge is -2.44. The molecule has 0 saturated heterocycles. The quantitative estimate of drug-likeness (QED) is 0.154. The highest BCUT2D eigenvalue weighted by Crippen LogP contribution is 2.40. The summed E-state index contributed by atoms with van der Waals surface area (Å²) in [4.78, 5) is 16.1. The van der Waals surface area contributed by atoms with Gasteiger partial charge in [0.25, 0.3) is 0 Å². The second-order valence-electron chi connectivity index (χ2n) is 13.0. The molecule has 2 saturated carbocycles. The van der Waals surface area contributed by atoms with Crippen molar-refractivity contribution < 1.29 is 53.9 Å². The third kappa shape index (κ3) is 8.09. The molecular weight excluding hydrogens is 675 g/mol. The summed E-state index contributed by atoms with van der Waals surface area (Å²) in [5, 5.41) is 9.33. The van der Waals surface area contributed by atoms with Crippen molar-refractivity contribution in [1.82, 2.24) is 9.80 Å². The van der Waals surface area contributed by atoms with Crippen LogP contribution in [0.1, 0.15) is 86.7 Å². The minimum Gasteiger partial charge on any atom is -0.489 e. The monoisotopic (exact) mass is 718 g/mol. The summed E-state index contributed by atoms with van der Waals surface area (Å²) in [5.74, 6) is -2.91. The van der Waals surface area contributed by atoms with Crippen LogP contribution in [0.15, 0.2) is 24.3 Å². The van der Waals surface area contributed by atoms with Gasteiger partial charge in [-0.05, 0) is 88.7 Å². The van der Waals surface area contributed by atoms with Gasteiger partial charge in [0.15, 0.2) is 23.1 Å². The molecule has 0 radical (unpaired) electrons. The first kappa shape index (κ1) is 37.1. The summed E-state index contributed by atoms with van der Waals surface area (Å²) in [5.41, 5.74) is -4.89. The normalized spacial score (nSPS) is 20.9. The van der Waals surface area contributed by atoms with E-state index in [4.69, 9.17) is 9.47 Å². The Hall–Kier alpha value is -3.17. The van der Waals surface area contributed by atoms with Crippen molar-refractivity contribution >= 4 is 16.1 Å². The average molecular weight is 719 g/mol. The Kier molecular flexibility index (Phi) is 11.6. The van der Waals surface area contributed by atoms with E-state index >= 15 is 0 Å². The molecule has 2 aromatic carbocycles. The van der Waals surface area contributed by atoms with Gasteiger partial charge in [0, 0.05) is 35.3 Å². The van der Waals surface area contributed by atoms with Gasteiger partial charge in [-0.1, -0.05) is 26.7 Å². The van der Waals surface area contributed by atoms with Gasteiger partial charge in [-0.15, -0.1) is 0 Å². The highest BCUT2D eigenvalue weighted by molar-refractivity contribution is 7.88. The number of fused-ring (bicyclic) bond motifs is 2. The molecule has 2 aliphatic heterocycles. The van der Waals surface area contributed by atoms with Crippen molar-refractivity contribution in [3.8, 4) is 17.2 Å². The van der Waals surface area contributed by atoms with Gasteiger partial charge in [0.05, 0.1) is 5.56 Å². The van der Waals surface area contributed by atoms with Crippen LogP contribution in [-0.4, -0.2) is 85.3 Å². The Morgan fingerprint density at radius 1 is 0.816 bits per heavy atom. The van der Waals surface area contributed by atoms with E-state index < -0.39 is 39.0 Å². The van der Waals surface area contributed by atoms with E-state index in [1.54, 1.807) is 0 Å². The molecule has 4 aliphatic rings. The number of carbonyl (C=O) groups is 1. The molecule has 15 heteroatoms. The lowest BCUT2D eigenvalue weighted by Crippen LogP contribution is -2.51. The van der Waals surface area contributed by atoms with Gasteiger partial charge >= 0.3 is 21.6 Å². The molecule has 6 rings (SSSR count). The van der Waals surface area contributed by atoms with Crippen LogP contribution in [0.3, 0.4) is 0 Å². The Morgan fingerprint density at radius 3 is 1.71 bits per heavy atom. The summed E-state index contributed by atoms with van der Waals surface area (Å²) in [7, 11) is -5.85. The number of carboxylic acids is 1. The fourth-order valence-electron chi connectivity index (χ4n) is 6.99. The summed E-state index contributed by atoms with van der Waals surface area (Å²) >= 11 is 0. The molecule has 49 heavy (non-hydrogen) atoms. The Balaban J connectivity index is 0.000000195. The number of hydrogen-bond donors (Lipinski definition) is 1. The smallest absolute Gasteiger partial charge is 0.489 e. The molecule has 0 spiro atoms. The maximum atomic E-state index is 14.1. The number of rotatable bonds is 11. The van der Waals surface area contributed by atoms with Crippen LogP contribution in [0.4, 0.5) is 22.0 Å². The molecule has 1 N–H and O–H groups in total. The number of carboxylic acid groups (broad SMARTS) is 1. The highest BCUT2D eigenvalue weighted by atomic mass is 32.2. The first-order valence-corrected chi connectivity index (χ1v) is 18.3. The molecule has 0 amide bonds. The highest BCUT2D eigenvalue weighted by Gasteiger charge is 2.49. The minimum atomic E-state index is -5.85. The topological polar surface area (TPSA) is 106 Å². The molecule has 0 aromatic heterocycles. The summed E-state index contributed by atoms with van der Waals surface area (Å²) < 4.78 is 104. The van der Waals surface area contributed by atoms with Crippen LogP contribution in [0.25, 0.3) is 0 Å². The zero-order valence-corrected chi connectivity index (χ0v) is 28.4. The van der Waals surface area contributed by atoms with Gasteiger partial charge in [0.1, 0.15) is 19.0 Å². The number of hydrogen-bond acceptors (Lipinski definition) is 8. The number of halogens is 5. The minimum absolute atomic E-state index is 0.0134. The molecule has 2 atom stereocenters. The van der Waals surface area contributed by atoms with Gasteiger partial charge in [-0.3, -0.25) is 9.80 Å². The maximum Gasteiger partial charge on any atom is 0.534 e. The van der Waals surface area contributed by atoms with Gasteiger partial charge in [0.2, 0.25) is 0 Å². The predicted octanol–water partition coefficient (Wildman–Crippen LogP) is 6.71. The van der Waals surface area contributed by atoms with Crippen LogP contribution in [0.5, 0.6) is 17.2 Å². The number of aromatic carboxylic acids is 1. The molecule has 0 bridgehead atoms. The Labute approximate surface area is 283 Å². The van der Waals surface area contributed by atoms with E-state index in [1.807, 2.05) is 6.92 Å². The molecule has 2 heterocycles.